The van der Waals surface area contributed by atoms with E-state index < -0.39 is 21.9 Å². The number of aliphatic hydroxyl groups is 1. The van der Waals surface area contributed by atoms with Gasteiger partial charge in [0.05, 0.1) is 16.9 Å². The number of nitrogens with one attached hydrogen (secondary N) is 1. The van der Waals surface area contributed by atoms with Crippen molar-refractivity contribution in [3.63, 3.8) is 0 Å². The summed E-state index contributed by atoms with van der Waals surface area (Å²) in [7, 11) is -3.52. The van der Waals surface area contributed by atoms with Crippen LogP contribution in [0.4, 0.5) is 4.39 Å². The van der Waals surface area contributed by atoms with E-state index >= 15 is 0 Å². The molecule has 2 atom stereocenters. The molecule has 1 saturated carbocycles. The van der Waals surface area contributed by atoms with Crippen LogP contribution in [0.15, 0.2) is 18.2 Å². The zero-order valence-electron chi connectivity index (χ0n) is 10.9. The van der Waals surface area contributed by atoms with Crippen molar-refractivity contribution in [3.05, 3.63) is 34.6 Å². The van der Waals surface area contributed by atoms with Crippen LogP contribution in [0.25, 0.3) is 0 Å². The maximum absolute atomic E-state index is 13.0. The normalized spacial score (nSPS) is 23.1. The Morgan fingerprint density at radius 2 is 2.15 bits per heavy atom. The van der Waals surface area contributed by atoms with Crippen molar-refractivity contribution in [2.24, 2.45) is 5.92 Å². The Bertz CT molecular complexity index is 579. The number of hydrogen-bond acceptors (Lipinski definition) is 3. The summed E-state index contributed by atoms with van der Waals surface area (Å²) >= 11 is 5.62. The first kappa shape index (κ1) is 15.7. The molecule has 0 spiro atoms. The van der Waals surface area contributed by atoms with E-state index in [1.165, 1.54) is 12.1 Å². The molecule has 0 unspecified atom stereocenters. The van der Waals surface area contributed by atoms with Crippen molar-refractivity contribution in [2.75, 3.05) is 6.54 Å². The van der Waals surface area contributed by atoms with Crippen molar-refractivity contribution in [2.45, 2.75) is 31.1 Å². The fourth-order valence-corrected chi connectivity index (χ4v) is 3.78. The van der Waals surface area contributed by atoms with Crippen LogP contribution in [0, 0.1) is 11.7 Å². The minimum atomic E-state index is -3.52. The molecule has 0 amide bonds. The smallest absolute Gasteiger partial charge is 0.215 e. The molecule has 0 aromatic heterocycles. The van der Waals surface area contributed by atoms with Crippen molar-refractivity contribution < 1.29 is 17.9 Å². The third kappa shape index (κ3) is 4.15. The predicted octanol–water partition coefficient (Wildman–Crippen LogP) is 2.06. The summed E-state index contributed by atoms with van der Waals surface area (Å²) in [6.07, 6.45) is 2.03. The molecule has 0 radical (unpaired) electrons. The zero-order chi connectivity index (χ0) is 14.8. The third-order valence-electron chi connectivity index (χ3n) is 3.53. The highest BCUT2D eigenvalue weighted by Gasteiger charge is 2.26. The van der Waals surface area contributed by atoms with Gasteiger partial charge < -0.3 is 5.11 Å². The molecule has 1 aliphatic carbocycles. The van der Waals surface area contributed by atoms with E-state index in [2.05, 4.69) is 4.72 Å². The Labute approximate surface area is 123 Å². The summed E-state index contributed by atoms with van der Waals surface area (Å²) in [5, 5.41) is 9.55. The summed E-state index contributed by atoms with van der Waals surface area (Å²) in [5.41, 5.74) is 0.427. The van der Waals surface area contributed by atoms with E-state index in [4.69, 9.17) is 11.6 Å². The fourth-order valence-electron chi connectivity index (χ4n) is 2.39. The van der Waals surface area contributed by atoms with E-state index in [1.54, 1.807) is 0 Å². The lowest BCUT2D eigenvalue weighted by Crippen LogP contribution is -2.33. The van der Waals surface area contributed by atoms with Gasteiger partial charge in [0.25, 0.3) is 0 Å². The Balaban J connectivity index is 1.94. The van der Waals surface area contributed by atoms with E-state index in [-0.39, 0.29) is 23.2 Å². The first-order chi connectivity index (χ1) is 9.37. The zero-order valence-corrected chi connectivity index (χ0v) is 12.4. The monoisotopic (exact) mass is 321 g/mol. The molecule has 1 aliphatic rings. The molecule has 1 aromatic rings. The highest BCUT2D eigenvalue weighted by molar-refractivity contribution is 7.88. The number of halogens is 2. The minimum Gasteiger partial charge on any atom is -0.393 e. The SMILES string of the molecule is O=S(=O)(Cc1ccc(F)c(Cl)c1)NC[C@H]1CCC[C@@H]1O. The first-order valence-electron chi connectivity index (χ1n) is 6.47. The average molecular weight is 322 g/mol. The fraction of sp³-hybridized carbons (Fsp3) is 0.538. The second-order valence-electron chi connectivity index (χ2n) is 5.11. The predicted molar refractivity (Wildman–Crippen MR) is 75.4 cm³/mol. The van der Waals surface area contributed by atoms with Crippen molar-refractivity contribution in [3.8, 4) is 0 Å². The average Bonchev–Trinajstić information content (AvgIpc) is 2.77. The quantitative estimate of drug-likeness (QED) is 0.872. The molecular formula is C13H17ClFNO3S. The van der Waals surface area contributed by atoms with E-state index in [0.29, 0.717) is 5.56 Å². The molecule has 1 aromatic carbocycles. The van der Waals surface area contributed by atoms with Crippen LogP contribution >= 0.6 is 11.6 Å². The second-order valence-corrected chi connectivity index (χ2v) is 7.33. The van der Waals surface area contributed by atoms with Gasteiger partial charge in [0.15, 0.2) is 0 Å². The van der Waals surface area contributed by atoms with Crippen LogP contribution in [0.1, 0.15) is 24.8 Å². The number of benzene rings is 1. The van der Waals surface area contributed by atoms with Gasteiger partial charge in [0.1, 0.15) is 5.82 Å². The number of rotatable bonds is 5. The van der Waals surface area contributed by atoms with Gasteiger partial charge >= 0.3 is 0 Å². The van der Waals surface area contributed by atoms with Gasteiger partial charge in [-0.05, 0) is 36.5 Å². The second kappa shape index (κ2) is 6.39. The number of hydrogen-bond donors (Lipinski definition) is 2. The summed E-state index contributed by atoms with van der Waals surface area (Å²) < 4.78 is 39.4. The molecule has 0 saturated heterocycles. The van der Waals surface area contributed by atoms with Gasteiger partial charge in [-0.3, -0.25) is 0 Å². The first-order valence-corrected chi connectivity index (χ1v) is 8.50. The minimum absolute atomic E-state index is 0.0263. The summed E-state index contributed by atoms with van der Waals surface area (Å²) in [6.45, 7) is 0.235. The van der Waals surface area contributed by atoms with Gasteiger partial charge in [-0.1, -0.05) is 24.1 Å². The Morgan fingerprint density at radius 3 is 2.75 bits per heavy atom. The Morgan fingerprint density at radius 1 is 1.40 bits per heavy atom. The number of aliphatic hydroxyl groups excluding tert-OH is 1. The van der Waals surface area contributed by atoms with Crippen LogP contribution in [-0.4, -0.2) is 26.2 Å². The molecule has 112 valence electrons. The Kier molecular flexibility index (Phi) is 5.01. The van der Waals surface area contributed by atoms with E-state index in [0.717, 1.165) is 25.3 Å². The molecule has 0 heterocycles. The molecule has 2 N–H and O–H groups in total. The lowest BCUT2D eigenvalue weighted by molar-refractivity contribution is 0.134. The largest absolute Gasteiger partial charge is 0.393 e. The van der Waals surface area contributed by atoms with Crippen molar-refractivity contribution in [1.82, 2.24) is 4.72 Å². The molecule has 7 heteroatoms. The van der Waals surface area contributed by atoms with E-state index in [1.807, 2.05) is 0 Å². The Hall–Kier alpha value is -0.690. The maximum Gasteiger partial charge on any atom is 0.215 e. The van der Waals surface area contributed by atoms with Gasteiger partial charge in [0.2, 0.25) is 10.0 Å². The van der Waals surface area contributed by atoms with Gasteiger partial charge in [-0.15, -0.1) is 0 Å². The van der Waals surface area contributed by atoms with Crippen LogP contribution in [0.2, 0.25) is 5.02 Å². The van der Waals surface area contributed by atoms with Crippen LogP contribution in [-0.2, 0) is 15.8 Å². The third-order valence-corrected chi connectivity index (χ3v) is 5.13. The summed E-state index contributed by atoms with van der Waals surface area (Å²) in [5.74, 6) is -0.855. The molecule has 4 nitrogen and oxygen atoms in total. The van der Waals surface area contributed by atoms with Crippen LogP contribution in [0.5, 0.6) is 0 Å². The van der Waals surface area contributed by atoms with Crippen LogP contribution < -0.4 is 4.72 Å². The lowest BCUT2D eigenvalue weighted by Gasteiger charge is -2.15. The molecule has 1 fully saturated rings. The highest BCUT2D eigenvalue weighted by atomic mass is 35.5. The standard InChI is InChI=1S/C13H17ClFNO3S/c14-11-6-9(4-5-12(11)15)8-20(18,19)16-7-10-2-1-3-13(10)17/h4-6,10,13,16-17H,1-3,7-8H2/t10-,13+/m1/s1. The lowest BCUT2D eigenvalue weighted by atomic mass is 10.1. The highest BCUT2D eigenvalue weighted by Crippen LogP contribution is 2.25. The number of sulfonamides is 1. The summed E-state index contributed by atoms with van der Waals surface area (Å²) in [4.78, 5) is 0. The molecule has 20 heavy (non-hydrogen) atoms. The topological polar surface area (TPSA) is 66.4 Å². The van der Waals surface area contributed by atoms with Crippen LogP contribution in [0.3, 0.4) is 0 Å². The molecule has 2 rings (SSSR count). The summed E-state index contributed by atoms with van der Waals surface area (Å²) in [6, 6.07) is 3.85. The molecule has 0 bridgehead atoms. The van der Waals surface area contributed by atoms with E-state index in [9.17, 15) is 17.9 Å². The molecule has 0 aliphatic heterocycles. The maximum atomic E-state index is 13.0. The van der Waals surface area contributed by atoms with Gasteiger partial charge in [-0.2, -0.15) is 0 Å². The van der Waals surface area contributed by atoms with Gasteiger partial charge in [-0.25, -0.2) is 17.5 Å². The van der Waals surface area contributed by atoms with Gasteiger partial charge in [0, 0.05) is 6.54 Å². The molecular weight excluding hydrogens is 305 g/mol. The van der Waals surface area contributed by atoms with Crippen molar-refractivity contribution in [1.29, 1.82) is 0 Å². The van der Waals surface area contributed by atoms with Crippen molar-refractivity contribution >= 4 is 21.6 Å².